The molecular weight excluding hydrogens is 290 g/mol. The molecule has 4 nitrogen and oxygen atoms in total. The summed E-state index contributed by atoms with van der Waals surface area (Å²) in [4.78, 5) is 11.6. The smallest absolute Gasteiger partial charge is 0.250 e. The molecule has 0 fully saturated rings. The Bertz CT molecular complexity index is 626. The number of amides is 1. The Morgan fingerprint density at radius 2 is 1.90 bits per heavy atom. The molecule has 2 rings (SSSR count). The highest BCUT2D eigenvalue weighted by atomic mass is 35.5. The van der Waals surface area contributed by atoms with Crippen molar-refractivity contribution in [2.75, 3.05) is 19.0 Å². The predicted octanol–water partition coefficient (Wildman–Crippen LogP) is 4.03. The molecule has 0 atom stereocenters. The Labute approximate surface area is 128 Å². The monoisotopic (exact) mass is 305 g/mol. The van der Waals surface area contributed by atoms with E-state index in [-0.39, 0.29) is 12.5 Å². The van der Waals surface area contributed by atoms with E-state index in [0.29, 0.717) is 22.2 Å². The average molecular weight is 306 g/mol. The summed E-state index contributed by atoms with van der Waals surface area (Å²) in [7, 11) is 1.46. The number of hydrogen-bond acceptors (Lipinski definition) is 3. The van der Waals surface area contributed by atoms with Gasteiger partial charge in [-0.2, -0.15) is 0 Å². The highest BCUT2D eigenvalue weighted by Crippen LogP contribution is 2.32. The van der Waals surface area contributed by atoms with Crippen molar-refractivity contribution in [3.05, 3.63) is 53.1 Å². The minimum absolute atomic E-state index is 0.0313. The minimum atomic E-state index is -0.270. The molecule has 0 aliphatic heterocycles. The van der Waals surface area contributed by atoms with Crippen molar-refractivity contribution in [2.45, 2.75) is 6.92 Å². The van der Waals surface area contributed by atoms with Crippen LogP contribution in [0.15, 0.2) is 42.5 Å². The van der Waals surface area contributed by atoms with Gasteiger partial charge < -0.3 is 14.8 Å². The molecule has 0 unspecified atom stereocenters. The second kappa shape index (κ2) is 7.11. The number of methoxy groups -OCH3 is 1. The maximum absolute atomic E-state index is 11.6. The van der Waals surface area contributed by atoms with Crippen molar-refractivity contribution in [1.82, 2.24) is 0 Å². The van der Waals surface area contributed by atoms with E-state index in [4.69, 9.17) is 21.1 Å². The number of nitrogens with one attached hydrogen (secondary N) is 1. The normalized spacial score (nSPS) is 10.2. The summed E-state index contributed by atoms with van der Waals surface area (Å²) in [5, 5.41) is 3.22. The maximum Gasteiger partial charge on any atom is 0.250 e. The lowest BCUT2D eigenvalue weighted by Crippen LogP contribution is -2.17. The number of carbonyl (C=O) groups is 1. The number of aryl methyl sites for hydroxylation is 1. The third kappa shape index (κ3) is 4.48. The highest BCUT2D eigenvalue weighted by Gasteiger charge is 2.09. The molecule has 21 heavy (non-hydrogen) atoms. The molecule has 2 aromatic carbocycles. The van der Waals surface area contributed by atoms with Gasteiger partial charge in [-0.1, -0.05) is 29.3 Å². The van der Waals surface area contributed by atoms with E-state index >= 15 is 0 Å². The number of carbonyl (C=O) groups excluding carboxylic acids is 1. The largest absolute Gasteiger partial charge is 0.455 e. The zero-order valence-corrected chi connectivity index (χ0v) is 12.6. The molecule has 0 radical (unpaired) electrons. The van der Waals surface area contributed by atoms with Gasteiger partial charge in [-0.3, -0.25) is 4.79 Å². The summed E-state index contributed by atoms with van der Waals surface area (Å²) >= 11 is 5.96. The van der Waals surface area contributed by atoms with Gasteiger partial charge in [-0.05, 0) is 37.3 Å². The van der Waals surface area contributed by atoms with E-state index in [9.17, 15) is 4.79 Å². The predicted molar refractivity (Wildman–Crippen MR) is 83.2 cm³/mol. The molecule has 0 saturated carbocycles. The lowest BCUT2D eigenvalue weighted by atomic mass is 10.2. The summed E-state index contributed by atoms with van der Waals surface area (Å²) in [5.74, 6) is 0.936. The van der Waals surface area contributed by atoms with Gasteiger partial charge >= 0.3 is 0 Å². The number of rotatable bonds is 5. The lowest BCUT2D eigenvalue weighted by Gasteiger charge is -2.12. The van der Waals surface area contributed by atoms with Crippen molar-refractivity contribution in [1.29, 1.82) is 0 Å². The van der Waals surface area contributed by atoms with Crippen molar-refractivity contribution in [2.24, 2.45) is 0 Å². The second-order valence-corrected chi connectivity index (χ2v) is 4.97. The quantitative estimate of drug-likeness (QED) is 0.907. The zero-order valence-electron chi connectivity index (χ0n) is 11.9. The SMILES string of the molecule is COCC(=O)Nc1cc(Cl)ccc1Oc1ccc(C)cc1. The van der Waals surface area contributed by atoms with Gasteiger partial charge in [0.2, 0.25) is 5.91 Å². The van der Waals surface area contributed by atoms with Crippen molar-refractivity contribution < 1.29 is 14.3 Å². The molecule has 110 valence electrons. The summed E-state index contributed by atoms with van der Waals surface area (Å²) < 4.78 is 10.6. The van der Waals surface area contributed by atoms with Crippen LogP contribution in [-0.2, 0) is 9.53 Å². The van der Waals surface area contributed by atoms with Crippen LogP contribution in [0.4, 0.5) is 5.69 Å². The molecule has 0 saturated heterocycles. The fourth-order valence-electron chi connectivity index (χ4n) is 1.74. The van der Waals surface area contributed by atoms with Crippen LogP contribution >= 0.6 is 11.6 Å². The molecular formula is C16H16ClNO3. The number of halogens is 1. The molecule has 0 aromatic heterocycles. The maximum atomic E-state index is 11.6. The first-order valence-electron chi connectivity index (χ1n) is 6.41. The number of hydrogen-bond donors (Lipinski definition) is 1. The van der Waals surface area contributed by atoms with Gasteiger partial charge in [0, 0.05) is 12.1 Å². The standard InChI is InChI=1S/C16H16ClNO3/c1-11-3-6-13(7-4-11)21-15-8-5-12(17)9-14(15)18-16(19)10-20-2/h3-9H,10H2,1-2H3,(H,18,19). The summed E-state index contributed by atoms with van der Waals surface area (Å²) in [6.45, 7) is 1.97. The van der Waals surface area contributed by atoms with Gasteiger partial charge in [-0.25, -0.2) is 0 Å². The van der Waals surface area contributed by atoms with Crippen LogP contribution in [0.3, 0.4) is 0 Å². The lowest BCUT2D eigenvalue weighted by molar-refractivity contribution is -0.119. The van der Waals surface area contributed by atoms with E-state index in [1.54, 1.807) is 18.2 Å². The van der Waals surface area contributed by atoms with Crippen molar-refractivity contribution in [3.63, 3.8) is 0 Å². The van der Waals surface area contributed by atoms with Crippen molar-refractivity contribution >= 4 is 23.2 Å². The molecule has 0 spiro atoms. The van der Waals surface area contributed by atoms with Gasteiger partial charge in [0.25, 0.3) is 0 Å². The first-order chi connectivity index (χ1) is 10.1. The minimum Gasteiger partial charge on any atom is -0.455 e. The van der Waals surface area contributed by atoms with E-state index in [0.717, 1.165) is 5.56 Å². The number of benzene rings is 2. The Balaban J connectivity index is 2.21. The van der Waals surface area contributed by atoms with Gasteiger partial charge in [0.15, 0.2) is 5.75 Å². The van der Waals surface area contributed by atoms with E-state index in [1.165, 1.54) is 7.11 Å². The molecule has 0 heterocycles. The molecule has 1 N–H and O–H groups in total. The van der Waals surface area contributed by atoms with Crippen LogP contribution in [0.1, 0.15) is 5.56 Å². The highest BCUT2D eigenvalue weighted by molar-refractivity contribution is 6.31. The second-order valence-electron chi connectivity index (χ2n) is 4.54. The van der Waals surface area contributed by atoms with E-state index < -0.39 is 0 Å². The third-order valence-electron chi connectivity index (χ3n) is 2.74. The Morgan fingerprint density at radius 3 is 2.57 bits per heavy atom. The fraction of sp³-hybridized carbons (Fsp3) is 0.188. The summed E-state index contributed by atoms with van der Waals surface area (Å²) in [6, 6.07) is 12.7. The van der Waals surface area contributed by atoms with E-state index in [1.807, 2.05) is 31.2 Å². The van der Waals surface area contributed by atoms with Crippen molar-refractivity contribution in [3.8, 4) is 11.5 Å². The van der Waals surface area contributed by atoms with Crippen LogP contribution in [0, 0.1) is 6.92 Å². The van der Waals surface area contributed by atoms with Crippen LogP contribution in [0.25, 0.3) is 0 Å². The average Bonchev–Trinajstić information content (AvgIpc) is 2.44. The van der Waals surface area contributed by atoms with Crippen LogP contribution in [0.5, 0.6) is 11.5 Å². The fourth-order valence-corrected chi connectivity index (χ4v) is 1.91. The first-order valence-corrected chi connectivity index (χ1v) is 6.79. The van der Waals surface area contributed by atoms with Gasteiger partial charge in [0.1, 0.15) is 12.4 Å². The van der Waals surface area contributed by atoms with Crippen LogP contribution < -0.4 is 10.1 Å². The Hall–Kier alpha value is -2.04. The van der Waals surface area contributed by atoms with Gasteiger partial charge in [0.05, 0.1) is 5.69 Å². The van der Waals surface area contributed by atoms with Crippen LogP contribution in [-0.4, -0.2) is 19.6 Å². The molecule has 0 bridgehead atoms. The zero-order chi connectivity index (χ0) is 15.2. The molecule has 1 amide bonds. The molecule has 0 aliphatic rings. The third-order valence-corrected chi connectivity index (χ3v) is 2.98. The van der Waals surface area contributed by atoms with E-state index in [2.05, 4.69) is 5.32 Å². The number of ether oxygens (including phenoxy) is 2. The molecule has 5 heteroatoms. The van der Waals surface area contributed by atoms with Crippen LogP contribution in [0.2, 0.25) is 5.02 Å². The Morgan fingerprint density at radius 1 is 1.19 bits per heavy atom. The summed E-state index contributed by atoms with van der Waals surface area (Å²) in [6.07, 6.45) is 0. The molecule has 0 aliphatic carbocycles. The summed E-state index contributed by atoms with van der Waals surface area (Å²) in [5.41, 5.74) is 1.65. The first kappa shape index (κ1) is 15.4. The van der Waals surface area contributed by atoms with Gasteiger partial charge in [-0.15, -0.1) is 0 Å². The molecule has 2 aromatic rings. The topological polar surface area (TPSA) is 47.6 Å². The number of anilines is 1. The Kier molecular flexibility index (Phi) is 5.20.